The fraction of sp³-hybridized carbons (Fsp3) is 0.154. The van der Waals surface area contributed by atoms with Crippen molar-refractivity contribution in [2.45, 2.75) is 13.5 Å². The lowest BCUT2D eigenvalue weighted by Crippen LogP contribution is -2.07. The van der Waals surface area contributed by atoms with Crippen LogP contribution >= 0.6 is 11.3 Å². The Kier molecular flexibility index (Phi) is 3.53. The van der Waals surface area contributed by atoms with E-state index in [1.807, 2.05) is 12.3 Å². The number of hydrogen-bond acceptors (Lipinski definition) is 4. The van der Waals surface area contributed by atoms with Gasteiger partial charge in [-0.3, -0.25) is 0 Å². The van der Waals surface area contributed by atoms with Gasteiger partial charge in [0.05, 0.1) is 16.9 Å². The molecule has 2 rings (SSSR count). The van der Waals surface area contributed by atoms with Gasteiger partial charge in [-0.25, -0.2) is 4.79 Å². The number of anilines is 2. The van der Waals surface area contributed by atoms with Gasteiger partial charge in [0, 0.05) is 11.4 Å². The standard InChI is InChI=1S/C13H14N2O2S/c1-8-5-6-18-11(8)7-15-10-4-2-3-9(12(10)14)13(16)17/h2-6,15H,7,14H2,1H3,(H,16,17). The minimum absolute atomic E-state index is 0.128. The van der Waals surface area contributed by atoms with Gasteiger partial charge < -0.3 is 16.2 Å². The van der Waals surface area contributed by atoms with Gasteiger partial charge in [0.1, 0.15) is 0 Å². The number of carboxylic acid groups (broad SMARTS) is 1. The van der Waals surface area contributed by atoms with Gasteiger partial charge in [0.2, 0.25) is 0 Å². The van der Waals surface area contributed by atoms with Gasteiger partial charge in [-0.1, -0.05) is 6.07 Å². The Morgan fingerprint density at radius 3 is 2.83 bits per heavy atom. The zero-order valence-electron chi connectivity index (χ0n) is 9.93. The normalized spacial score (nSPS) is 10.3. The topological polar surface area (TPSA) is 75.3 Å². The molecule has 18 heavy (non-hydrogen) atoms. The Morgan fingerprint density at radius 1 is 1.44 bits per heavy atom. The van der Waals surface area contributed by atoms with Crippen LogP contribution in [0.2, 0.25) is 0 Å². The van der Waals surface area contributed by atoms with E-state index in [4.69, 9.17) is 10.8 Å². The SMILES string of the molecule is Cc1ccsc1CNc1cccc(C(=O)O)c1N. The van der Waals surface area contributed by atoms with Gasteiger partial charge >= 0.3 is 5.97 Å². The summed E-state index contributed by atoms with van der Waals surface area (Å²) < 4.78 is 0. The van der Waals surface area contributed by atoms with Crippen LogP contribution in [0.5, 0.6) is 0 Å². The molecule has 0 atom stereocenters. The second-order valence-electron chi connectivity index (χ2n) is 3.95. The number of carbonyl (C=O) groups is 1. The summed E-state index contributed by atoms with van der Waals surface area (Å²) in [5.74, 6) is -1.01. The Bertz CT molecular complexity index is 578. The van der Waals surface area contributed by atoms with Gasteiger partial charge in [-0.05, 0) is 36.1 Å². The second kappa shape index (κ2) is 5.10. The second-order valence-corrected chi connectivity index (χ2v) is 4.95. The lowest BCUT2D eigenvalue weighted by molar-refractivity contribution is 0.0698. The molecule has 4 N–H and O–H groups in total. The van der Waals surface area contributed by atoms with Gasteiger partial charge in [-0.2, -0.15) is 0 Å². The van der Waals surface area contributed by atoms with E-state index < -0.39 is 5.97 Å². The summed E-state index contributed by atoms with van der Waals surface area (Å²) in [5.41, 5.74) is 8.10. The van der Waals surface area contributed by atoms with Crippen molar-refractivity contribution in [1.82, 2.24) is 0 Å². The molecule has 0 spiro atoms. The van der Waals surface area contributed by atoms with Crippen LogP contribution < -0.4 is 11.1 Å². The minimum atomic E-state index is -1.01. The van der Waals surface area contributed by atoms with E-state index >= 15 is 0 Å². The summed E-state index contributed by atoms with van der Waals surface area (Å²) in [4.78, 5) is 12.2. The Hall–Kier alpha value is -2.01. The van der Waals surface area contributed by atoms with Crippen LogP contribution in [0.4, 0.5) is 11.4 Å². The molecule has 1 aromatic heterocycles. The van der Waals surface area contributed by atoms with Crippen molar-refractivity contribution >= 4 is 28.7 Å². The maximum atomic E-state index is 11.0. The summed E-state index contributed by atoms with van der Waals surface area (Å²) in [5, 5.41) is 14.2. The molecule has 0 fully saturated rings. The zero-order chi connectivity index (χ0) is 13.1. The lowest BCUT2D eigenvalue weighted by Gasteiger charge is -2.10. The molecule has 0 unspecified atom stereocenters. The number of aryl methyl sites for hydroxylation is 1. The number of benzene rings is 1. The molecule has 1 heterocycles. The van der Waals surface area contributed by atoms with Crippen molar-refractivity contribution in [3.8, 4) is 0 Å². The number of nitrogen functional groups attached to an aromatic ring is 1. The largest absolute Gasteiger partial charge is 0.478 e. The first-order valence-corrected chi connectivity index (χ1v) is 6.36. The number of aromatic carboxylic acids is 1. The first kappa shape index (κ1) is 12.4. The van der Waals surface area contributed by atoms with E-state index in [2.05, 4.69) is 11.4 Å². The molecule has 0 aliphatic heterocycles. The van der Waals surface area contributed by atoms with Gasteiger partial charge in [-0.15, -0.1) is 11.3 Å². The van der Waals surface area contributed by atoms with Crippen molar-refractivity contribution in [2.24, 2.45) is 0 Å². The van der Waals surface area contributed by atoms with Crippen molar-refractivity contribution in [3.05, 3.63) is 45.6 Å². The van der Waals surface area contributed by atoms with Gasteiger partial charge in [0.25, 0.3) is 0 Å². The van der Waals surface area contributed by atoms with Crippen molar-refractivity contribution in [1.29, 1.82) is 0 Å². The molecule has 0 radical (unpaired) electrons. The number of para-hydroxylation sites is 1. The molecule has 0 bridgehead atoms. The van der Waals surface area contributed by atoms with Crippen molar-refractivity contribution in [2.75, 3.05) is 11.1 Å². The molecular weight excluding hydrogens is 248 g/mol. The van der Waals surface area contributed by atoms with E-state index in [1.54, 1.807) is 23.5 Å². The van der Waals surface area contributed by atoms with Crippen molar-refractivity contribution in [3.63, 3.8) is 0 Å². The molecule has 0 amide bonds. The summed E-state index contributed by atoms with van der Waals surface area (Å²) in [7, 11) is 0. The summed E-state index contributed by atoms with van der Waals surface area (Å²) >= 11 is 1.67. The zero-order valence-corrected chi connectivity index (χ0v) is 10.8. The van der Waals surface area contributed by atoms with Crippen LogP contribution in [0.3, 0.4) is 0 Å². The van der Waals surface area contributed by atoms with Crippen molar-refractivity contribution < 1.29 is 9.90 Å². The third-order valence-electron chi connectivity index (χ3n) is 2.74. The average Bonchev–Trinajstić information content (AvgIpc) is 2.73. The molecule has 4 nitrogen and oxygen atoms in total. The van der Waals surface area contributed by atoms with Gasteiger partial charge in [0.15, 0.2) is 0 Å². The van der Waals surface area contributed by atoms with E-state index in [-0.39, 0.29) is 11.3 Å². The number of rotatable bonds is 4. The molecule has 0 saturated carbocycles. The average molecular weight is 262 g/mol. The fourth-order valence-electron chi connectivity index (χ4n) is 1.67. The van der Waals surface area contributed by atoms with Crippen LogP contribution in [0.15, 0.2) is 29.6 Å². The summed E-state index contributed by atoms with van der Waals surface area (Å²) in [6, 6.07) is 7.02. The number of nitrogens with one attached hydrogen (secondary N) is 1. The smallest absolute Gasteiger partial charge is 0.337 e. The fourth-order valence-corrected chi connectivity index (χ4v) is 2.51. The quantitative estimate of drug-likeness (QED) is 0.740. The van der Waals surface area contributed by atoms with Crippen LogP contribution in [0.1, 0.15) is 20.8 Å². The maximum Gasteiger partial charge on any atom is 0.337 e. The Labute approximate surface area is 109 Å². The van der Waals surface area contributed by atoms with E-state index in [0.717, 1.165) is 0 Å². The highest BCUT2D eigenvalue weighted by Gasteiger charge is 2.11. The van der Waals surface area contributed by atoms with Crippen LogP contribution in [-0.2, 0) is 6.54 Å². The third kappa shape index (κ3) is 2.46. The first-order chi connectivity index (χ1) is 8.59. The molecular formula is C13H14N2O2S. The van der Waals surface area contributed by atoms with E-state index in [9.17, 15) is 4.79 Å². The number of thiophene rings is 1. The predicted molar refractivity (Wildman–Crippen MR) is 74.2 cm³/mol. The highest BCUT2D eigenvalue weighted by Crippen LogP contribution is 2.24. The molecule has 1 aromatic carbocycles. The Balaban J connectivity index is 2.17. The molecule has 5 heteroatoms. The Morgan fingerprint density at radius 2 is 2.22 bits per heavy atom. The highest BCUT2D eigenvalue weighted by atomic mass is 32.1. The monoisotopic (exact) mass is 262 g/mol. The first-order valence-electron chi connectivity index (χ1n) is 5.48. The maximum absolute atomic E-state index is 11.0. The molecule has 0 aliphatic rings. The summed E-state index contributed by atoms with van der Waals surface area (Å²) in [6.07, 6.45) is 0. The van der Waals surface area contributed by atoms with Crippen LogP contribution in [0.25, 0.3) is 0 Å². The molecule has 0 aliphatic carbocycles. The summed E-state index contributed by atoms with van der Waals surface area (Å²) in [6.45, 7) is 2.70. The van der Waals surface area contributed by atoms with Crippen LogP contribution in [-0.4, -0.2) is 11.1 Å². The third-order valence-corrected chi connectivity index (χ3v) is 3.77. The van der Waals surface area contributed by atoms with E-state index in [0.29, 0.717) is 12.2 Å². The number of nitrogens with two attached hydrogens (primary N) is 1. The lowest BCUT2D eigenvalue weighted by atomic mass is 10.1. The molecule has 94 valence electrons. The van der Waals surface area contributed by atoms with E-state index in [1.165, 1.54) is 16.5 Å². The minimum Gasteiger partial charge on any atom is -0.478 e. The highest BCUT2D eigenvalue weighted by molar-refractivity contribution is 7.10. The molecule has 2 aromatic rings. The molecule has 0 saturated heterocycles. The number of carboxylic acids is 1. The predicted octanol–water partition coefficient (Wildman–Crippen LogP) is 2.95. The number of hydrogen-bond donors (Lipinski definition) is 3. The van der Waals surface area contributed by atoms with Crippen LogP contribution in [0, 0.1) is 6.92 Å².